The summed E-state index contributed by atoms with van der Waals surface area (Å²) >= 11 is 0. The summed E-state index contributed by atoms with van der Waals surface area (Å²) < 4.78 is 4.95. The molecular formula is C10H12N2O2. The highest BCUT2D eigenvalue weighted by Crippen LogP contribution is 2.13. The molecule has 0 atom stereocenters. The topological polar surface area (TPSA) is 72.0 Å². The van der Waals surface area contributed by atoms with Crippen molar-refractivity contribution in [3.05, 3.63) is 34.3 Å². The Kier molecular flexibility index (Phi) is 2.37. The minimum Gasteiger partial charge on any atom is -0.408 e. The Morgan fingerprint density at radius 3 is 3.07 bits per heavy atom. The summed E-state index contributed by atoms with van der Waals surface area (Å²) in [6.07, 6.45) is 1.86. The summed E-state index contributed by atoms with van der Waals surface area (Å²) in [5.41, 5.74) is 7.92. The maximum atomic E-state index is 10.9. The van der Waals surface area contributed by atoms with E-state index in [1.54, 1.807) is 0 Å². The van der Waals surface area contributed by atoms with Crippen LogP contribution in [-0.2, 0) is 6.42 Å². The fraction of sp³-hybridized carbons (Fsp3) is 0.300. The number of nitrogens with two attached hydrogens (primary N) is 1. The van der Waals surface area contributed by atoms with Crippen LogP contribution < -0.4 is 11.5 Å². The van der Waals surface area contributed by atoms with Gasteiger partial charge in [-0.2, -0.15) is 0 Å². The molecule has 0 amide bonds. The van der Waals surface area contributed by atoms with Gasteiger partial charge in [0.25, 0.3) is 0 Å². The van der Waals surface area contributed by atoms with Gasteiger partial charge in [-0.1, -0.05) is 6.07 Å². The number of aromatic amines is 1. The summed E-state index contributed by atoms with van der Waals surface area (Å²) in [5, 5.41) is 0. The molecule has 0 radical (unpaired) electrons. The van der Waals surface area contributed by atoms with Crippen LogP contribution in [0.4, 0.5) is 0 Å². The second-order valence-corrected chi connectivity index (χ2v) is 3.24. The molecule has 4 nitrogen and oxygen atoms in total. The van der Waals surface area contributed by atoms with Crippen LogP contribution in [0.1, 0.15) is 12.0 Å². The van der Waals surface area contributed by atoms with Crippen molar-refractivity contribution >= 4 is 11.1 Å². The molecule has 1 heterocycles. The number of rotatable bonds is 3. The minimum atomic E-state index is -0.407. The van der Waals surface area contributed by atoms with Gasteiger partial charge in [-0.25, -0.2) is 4.79 Å². The first kappa shape index (κ1) is 9.02. The van der Waals surface area contributed by atoms with E-state index in [1.165, 1.54) is 0 Å². The Hall–Kier alpha value is -1.55. The van der Waals surface area contributed by atoms with Gasteiger partial charge in [-0.05, 0) is 37.1 Å². The number of hydrogen-bond acceptors (Lipinski definition) is 3. The smallest absolute Gasteiger partial charge is 0.408 e. The van der Waals surface area contributed by atoms with Gasteiger partial charge in [0.1, 0.15) is 0 Å². The maximum Gasteiger partial charge on any atom is 0.417 e. The quantitative estimate of drug-likeness (QED) is 0.762. The summed E-state index contributed by atoms with van der Waals surface area (Å²) in [6, 6.07) is 5.71. The zero-order valence-electron chi connectivity index (χ0n) is 7.75. The molecule has 14 heavy (non-hydrogen) atoms. The molecule has 0 unspecified atom stereocenters. The number of fused-ring (bicyclic) bond motifs is 1. The van der Waals surface area contributed by atoms with Crippen LogP contribution in [0.5, 0.6) is 0 Å². The highest BCUT2D eigenvalue weighted by molar-refractivity contribution is 5.72. The summed E-state index contributed by atoms with van der Waals surface area (Å²) in [5.74, 6) is -0.407. The van der Waals surface area contributed by atoms with E-state index < -0.39 is 5.76 Å². The number of benzene rings is 1. The van der Waals surface area contributed by atoms with Crippen molar-refractivity contribution in [2.75, 3.05) is 6.54 Å². The Morgan fingerprint density at radius 2 is 2.29 bits per heavy atom. The van der Waals surface area contributed by atoms with Crippen LogP contribution in [0.2, 0.25) is 0 Å². The molecule has 0 saturated carbocycles. The lowest BCUT2D eigenvalue weighted by atomic mass is 10.1. The normalized spacial score (nSPS) is 10.9. The molecule has 2 rings (SSSR count). The van der Waals surface area contributed by atoms with Gasteiger partial charge in [-0.3, -0.25) is 4.98 Å². The number of nitrogens with one attached hydrogen (secondary N) is 1. The summed E-state index contributed by atoms with van der Waals surface area (Å²) in [6.45, 7) is 0.676. The number of aryl methyl sites for hydroxylation is 1. The average molecular weight is 192 g/mol. The molecule has 3 N–H and O–H groups in total. The molecule has 1 aromatic heterocycles. The second kappa shape index (κ2) is 3.67. The lowest BCUT2D eigenvalue weighted by molar-refractivity contribution is 0.555. The van der Waals surface area contributed by atoms with E-state index >= 15 is 0 Å². The minimum absolute atomic E-state index is 0.407. The van der Waals surface area contributed by atoms with E-state index in [0.29, 0.717) is 12.1 Å². The highest BCUT2D eigenvalue weighted by atomic mass is 16.4. The van der Waals surface area contributed by atoms with Crippen LogP contribution in [-0.4, -0.2) is 11.5 Å². The summed E-state index contributed by atoms with van der Waals surface area (Å²) in [4.78, 5) is 13.5. The Bertz CT molecular complexity index is 484. The molecule has 0 spiro atoms. The first-order chi connectivity index (χ1) is 6.79. The van der Waals surface area contributed by atoms with Gasteiger partial charge in [0.15, 0.2) is 5.58 Å². The van der Waals surface area contributed by atoms with E-state index in [9.17, 15) is 4.79 Å². The van der Waals surface area contributed by atoms with E-state index in [4.69, 9.17) is 10.2 Å². The molecule has 0 bridgehead atoms. The largest absolute Gasteiger partial charge is 0.417 e. The van der Waals surface area contributed by atoms with E-state index in [-0.39, 0.29) is 0 Å². The standard InChI is InChI=1S/C10H12N2O2/c11-5-1-2-7-3-4-8-9(6-7)14-10(13)12-8/h3-4,6H,1-2,5,11H2,(H,12,13). The Morgan fingerprint density at radius 1 is 1.43 bits per heavy atom. The van der Waals surface area contributed by atoms with E-state index in [0.717, 1.165) is 23.9 Å². The van der Waals surface area contributed by atoms with Gasteiger partial charge < -0.3 is 10.2 Å². The predicted molar refractivity (Wildman–Crippen MR) is 54.2 cm³/mol. The molecule has 0 saturated heterocycles. The van der Waals surface area contributed by atoms with Crippen LogP contribution in [0.25, 0.3) is 11.1 Å². The fourth-order valence-corrected chi connectivity index (χ4v) is 1.45. The number of H-pyrrole nitrogens is 1. The molecule has 0 aliphatic rings. The summed E-state index contributed by atoms with van der Waals surface area (Å²) in [7, 11) is 0. The van der Waals surface area contributed by atoms with Crippen molar-refractivity contribution < 1.29 is 4.42 Å². The van der Waals surface area contributed by atoms with Gasteiger partial charge in [0, 0.05) is 0 Å². The lowest BCUT2D eigenvalue weighted by Crippen LogP contribution is -2.00. The van der Waals surface area contributed by atoms with Crippen LogP contribution >= 0.6 is 0 Å². The molecule has 74 valence electrons. The third-order valence-corrected chi connectivity index (χ3v) is 2.15. The SMILES string of the molecule is NCCCc1ccc2[nH]c(=O)oc2c1. The van der Waals surface area contributed by atoms with Crippen LogP contribution in [0, 0.1) is 0 Å². The molecule has 0 fully saturated rings. The number of hydrogen-bond donors (Lipinski definition) is 2. The molecule has 4 heteroatoms. The second-order valence-electron chi connectivity index (χ2n) is 3.24. The first-order valence-electron chi connectivity index (χ1n) is 4.61. The zero-order chi connectivity index (χ0) is 9.97. The van der Waals surface area contributed by atoms with Gasteiger partial charge in [-0.15, -0.1) is 0 Å². The number of oxazole rings is 1. The predicted octanol–water partition coefficient (Wildman–Crippen LogP) is 1.01. The zero-order valence-corrected chi connectivity index (χ0v) is 7.75. The maximum absolute atomic E-state index is 10.9. The number of aromatic nitrogens is 1. The van der Waals surface area contributed by atoms with Crippen molar-refractivity contribution in [3.63, 3.8) is 0 Å². The van der Waals surface area contributed by atoms with Gasteiger partial charge in [0.05, 0.1) is 5.52 Å². The third kappa shape index (κ3) is 1.70. The van der Waals surface area contributed by atoms with E-state index in [2.05, 4.69) is 4.98 Å². The van der Waals surface area contributed by atoms with Gasteiger partial charge in [0.2, 0.25) is 0 Å². The monoisotopic (exact) mass is 192 g/mol. The lowest BCUT2D eigenvalue weighted by Gasteiger charge is -1.97. The van der Waals surface area contributed by atoms with Crippen LogP contribution in [0.3, 0.4) is 0 Å². The Labute approximate surface area is 80.7 Å². The van der Waals surface area contributed by atoms with Crippen molar-refractivity contribution in [2.24, 2.45) is 5.73 Å². The van der Waals surface area contributed by atoms with Crippen LogP contribution in [0.15, 0.2) is 27.4 Å². The van der Waals surface area contributed by atoms with Gasteiger partial charge >= 0.3 is 5.76 Å². The molecule has 0 aliphatic heterocycles. The van der Waals surface area contributed by atoms with Crippen molar-refractivity contribution in [2.45, 2.75) is 12.8 Å². The van der Waals surface area contributed by atoms with E-state index in [1.807, 2.05) is 18.2 Å². The van der Waals surface area contributed by atoms with Crippen molar-refractivity contribution in [1.82, 2.24) is 4.98 Å². The third-order valence-electron chi connectivity index (χ3n) is 2.15. The molecule has 2 aromatic rings. The molecular weight excluding hydrogens is 180 g/mol. The first-order valence-corrected chi connectivity index (χ1v) is 4.61. The molecule has 0 aliphatic carbocycles. The highest BCUT2D eigenvalue weighted by Gasteiger charge is 2.01. The Balaban J connectivity index is 2.35. The average Bonchev–Trinajstić information content (AvgIpc) is 2.54. The fourth-order valence-electron chi connectivity index (χ4n) is 1.45. The van der Waals surface area contributed by atoms with Crippen molar-refractivity contribution in [3.8, 4) is 0 Å². The van der Waals surface area contributed by atoms with Crippen molar-refractivity contribution in [1.29, 1.82) is 0 Å². The molecule has 1 aromatic carbocycles.